The topological polar surface area (TPSA) is 43.4 Å². The van der Waals surface area contributed by atoms with Crippen molar-refractivity contribution < 1.29 is 14.3 Å². The molecule has 1 fully saturated rings. The van der Waals surface area contributed by atoms with E-state index in [1.807, 2.05) is 0 Å². The van der Waals surface area contributed by atoms with E-state index in [1.165, 1.54) is 5.56 Å². The molecule has 26 heavy (non-hydrogen) atoms. The summed E-state index contributed by atoms with van der Waals surface area (Å²) < 4.78 is 4.60. The lowest BCUT2D eigenvalue weighted by atomic mass is 9.80. The van der Waals surface area contributed by atoms with Crippen molar-refractivity contribution in [2.24, 2.45) is 11.3 Å². The number of hydrogen-bond acceptors (Lipinski definition) is 3. The molecular formula is C23H42O3. The highest BCUT2D eigenvalue weighted by molar-refractivity contribution is 5.94. The predicted octanol–water partition coefficient (Wildman–Crippen LogP) is 6.79. The monoisotopic (exact) mass is 366 g/mol. The first kappa shape index (κ1) is 29.1. The minimum atomic E-state index is -0.400. The first-order valence-electron chi connectivity index (χ1n) is 8.12. The van der Waals surface area contributed by atoms with Crippen molar-refractivity contribution >= 4 is 11.9 Å². The van der Waals surface area contributed by atoms with E-state index in [1.54, 1.807) is 0 Å². The van der Waals surface area contributed by atoms with Crippen LogP contribution in [0.4, 0.5) is 0 Å². The summed E-state index contributed by atoms with van der Waals surface area (Å²) in [5.41, 5.74) is 2.75. The predicted molar refractivity (Wildman–Crippen MR) is 113 cm³/mol. The molecule has 2 atom stereocenters. The minimum Gasteiger partial charge on any atom is -0.393 e. The van der Waals surface area contributed by atoms with E-state index < -0.39 is 5.97 Å². The number of esters is 2. The number of ether oxygens (including phenoxy) is 1. The fourth-order valence-corrected chi connectivity index (χ4v) is 3.12. The molecule has 0 saturated carbocycles. The van der Waals surface area contributed by atoms with Crippen LogP contribution in [0.2, 0.25) is 0 Å². The quantitative estimate of drug-likeness (QED) is 0.425. The second-order valence-electron chi connectivity index (χ2n) is 7.51. The zero-order chi connectivity index (χ0) is 16.3. The number of cyclic esters (lactones) is 2. The summed E-state index contributed by atoms with van der Waals surface area (Å²) in [4.78, 5) is 22.7. The molecule has 0 amide bonds. The van der Waals surface area contributed by atoms with Crippen molar-refractivity contribution in [1.29, 1.82) is 0 Å². The van der Waals surface area contributed by atoms with Gasteiger partial charge in [-0.3, -0.25) is 9.59 Å². The normalized spacial score (nSPS) is 17.0. The molecule has 1 aromatic carbocycles. The highest BCUT2D eigenvalue weighted by Crippen LogP contribution is 2.33. The van der Waals surface area contributed by atoms with Crippen LogP contribution in [0.5, 0.6) is 0 Å². The van der Waals surface area contributed by atoms with Gasteiger partial charge >= 0.3 is 11.9 Å². The van der Waals surface area contributed by atoms with Crippen LogP contribution >= 0.6 is 0 Å². The van der Waals surface area contributed by atoms with Gasteiger partial charge in [-0.15, -0.1) is 0 Å². The average molecular weight is 367 g/mol. The smallest absolute Gasteiger partial charge is 0.317 e. The average Bonchev–Trinajstić information content (AvgIpc) is 2.74. The lowest BCUT2D eigenvalue weighted by Gasteiger charge is -2.25. The van der Waals surface area contributed by atoms with Crippen molar-refractivity contribution in [2.75, 3.05) is 0 Å². The number of carbonyl (C=O) groups is 2. The first-order chi connectivity index (χ1) is 10.3. The molecule has 1 heterocycles. The third-order valence-electron chi connectivity index (χ3n) is 4.25. The summed E-state index contributed by atoms with van der Waals surface area (Å²) in [6.07, 6.45) is 3.08. The van der Waals surface area contributed by atoms with Gasteiger partial charge < -0.3 is 4.74 Å². The second-order valence-corrected chi connectivity index (χ2v) is 7.51. The SMILES string of the molecule is C.C.C.C.CCC(CC(C)(C)C)c1ccc(CC2CC(=O)OC2=O)cc1. The largest absolute Gasteiger partial charge is 0.393 e. The first-order valence-corrected chi connectivity index (χ1v) is 8.12. The van der Waals surface area contributed by atoms with E-state index in [-0.39, 0.29) is 48.0 Å². The van der Waals surface area contributed by atoms with Crippen LogP contribution < -0.4 is 0 Å². The standard InChI is InChI=1S/C19H26O3.4CH4/c1-5-14(12-19(2,3)4)15-8-6-13(7-9-15)10-16-11-17(20)22-18(16)21;;;;/h6-9,14,16H,5,10-12H2,1-4H3;4*1H4. The van der Waals surface area contributed by atoms with E-state index in [4.69, 9.17) is 0 Å². The Labute approximate surface area is 162 Å². The maximum absolute atomic E-state index is 11.5. The molecule has 0 aromatic heterocycles. The lowest BCUT2D eigenvalue weighted by Crippen LogP contribution is -2.12. The van der Waals surface area contributed by atoms with Crippen molar-refractivity contribution in [3.05, 3.63) is 35.4 Å². The highest BCUT2D eigenvalue weighted by atomic mass is 16.6. The second kappa shape index (κ2) is 11.9. The Balaban J connectivity index is -0.00000132. The molecule has 2 unspecified atom stereocenters. The fourth-order valence-electron chi connectivity index (χ4n) is 3.12. The van der Waals surface area contributed by atoms with Crippen molar-refractivity contribution in [3.8, 4) is 0 Å². The molecule has 0 spiro atoms. The van der Waals surface area contributed by atoms with Crippen molar-refractivity contribution in [1.82, 2.24) is 0 Å². The Morgan fingerprint density at radius 1 is 1.04 bits per heavy atom. The Kier molecular flexibility index (Phi) is 13.3. The van der Waals surface area contributed by atoms with Gasteiger partial charge in [-0.2, -0.15) is 0 Å². The molecule has 1 aliphatic rings. The minimum absolute atomic E-state index is 0. The van der Waals surface area contributed by atoms with Gasteiger partial charge in [0.05, 0.1) is 12.3 Å². The van der Waals surface area contributed by atoms with Gasteiger partial charge in [0.1, 0.15) is 0 Å². The van der Waals surface area contributed by atoms with E-state index in [0.717, 1.165) is 18.4 Å². The number of carbonyl (C=O) groups excluding carboxylic acids is 2. The molecule has 0 radical (unpaired) electrons. The molecule has 152 valence electrons. The number of rotatable bonds is 5. The number of benzene rings is 1. The van der Waals surface area contributed by atoms with E-state index in [9.17, 15) is 9.59 Å². The van der Waals surface area contributed by atoms with Gasteiger partial charge in [0.2, 0.25) is 0 Å². The molecule has 1 saturated heterocycles. The lowest BCUT2D eigenvalue weighted by molar-refractivity contribution is -0.153. The maximum atomic E-state index is 11.5. The molecular weight excluding hydrogens is 324 g/mol. The molecule has 2 rings (SSSR count). The summed E-state index contributed by atoms with van der Waals surface area (Å²) >= 11 is 0. The van der Waals surface area contributed by atoms with Crippen molar-refractivity contribution in [2.45, 2.75) is 89.0 Å². The highest BCUT2D eigenvalue weighted by Gasteiger charge is 2.33. The summed E-state index contributed by atoms with van der Waals surface area (Å²) in [7, 11) is 0. The Morgan fingerprint density at radius 3 is 1.96 bits per heavy atom. The Hall–Kier alpha value is -1.64. The van der Waals surface area contributed by atoms with E-state index >= 15 is 0 Å². The van der Waals surface area contributed by atoms with Gasteiger partial charge in [-0.05, 0) is 41.7 Å². The van der Waals surface area contributed by atoms with Gasteiger partial charge in [0.25, 0.3) is 0 Å². The van der Waals surface area contributed by atoms with Crippen LogP contribution in [-0.2, 0) is 20.7 Å². The van der Waals surface area contributed by atoms with Gasteiger partial charge in [-0.1, -0.05) is 81.7 Å². The Bertz CT molecular complexity index is 538. The van der Waals surface area contributed by atoms with Crippen LogP contribution in [0.15, 0.2) is 24.3 Å². The van der Waals surface area contributed by atoms with Crippen LogP contribution in [0.25, 0.3) is 0 Å². The van der Waals surface area contributed by atoms with Gasteiger partial charge in [-0.25, -0.2) is 0 Å². The molecule has 3 nitrogen and oxygen atoms in total. The summed E-state index contributed by atoms with van der Waals surface area (Å²) in [6, 6.07) is 8.49. The van der Waals surface area contributed by atoms with E-state index in [2.05, 4.69) is 56.7 Å². The van der Waals surface area contributed by atoms with Crippen LogP contribution in [0.3, 0.4) is 0 Å². The zero-order valence-corrected chi connectivity index (χ0v) is 14.0. The molecule has 0 bridgehead atoms. The zero-order valence-electron chi connectivity index (χ0n) is 14.0. The fraction of sp³-hybridized carbons (Fsp3) is 0.652. The summed E-state index contributed by atoms with van der Waals surface area (Å²) in [5.74, 6) is -0.530. The molecule has 3 heteroatoms. The number of hydrogen-bond donors (Lipinski definition) is 0. The van der Waals surface area contributed by atoms with Crippen LogP contribution in [0, 0.1) is 11.3 Å². The molecule has 1 aromatic rings. The van der Waals surface area contributed by atoms with Crippen molar-refractivity contribution in [3.63, 3.8) is 0 Å². The maximum Gasteiger partial charge on any atom is 0.317 e. The molecule has 0 aliphatic carbocycles. The molecule has 1 aliphatic heterocycles. The van der Waals surface area contributed by atoms with Crippen LogP contribution in [0.1, 0.15) is 93.7 Å². The third kappa shape index (κ3) is 8.16. The van der Waals surface area contributed by atoms with Gasteiger partial charge in [0, 0.05) is 0 Å². The Morgan fingerprint density at radius 2 is 1.58 bits per heavy atom. The van der Waals surface area contributed by atoms with E-state index in [0.29, 0.717) is 17.8 Å². The van der Waals surface area contributed by atoms with Gasteiger partial charge in [0.15, 0.2) is 0 Å². The third-order valence-corrected chi connectivity index (χ3v) is 4.25. The summed E-state index contributed by atoms with van der Waals surface area (Å²) in [5, 5.41) is 0. The van der Waals surface area contributed by atoms with Crippen LogP contribution in [-0.4, -0.2) is 11.9 Å². The molecule has 0 N–H and O–H groups in total. The summed E-state index contributed by atoms with van der Waals surface area (Å²) in [6.45, 7) is 9.04.